The van der Waals surface area contributed by atoms with Crippen molar-refractivity contribution in [1.29, 1.82) is 0 Å². The maximum Gasteiger partial charge on any atom is 0.240 e. The second-order valence-corrected chi connectivity index (χ2v) is 5.16. The van der Waals surface area contributed by atoms with Gasteiger partial charge in [-0.3, -0.25) is 5.10 Å². The smallest absolute Gasteiger partial charge is 0.240 e. The number of nitrogens with one attached hydrogen (secondary N) is 2. The number of H-pyrrole nitrogens is 1. The molecule has 2 aromatic rings. The first-order valence-corrected chi connectivity index (χ1v) is 6.23. The first kappa shape index (κ1) is 11.6. The number of sulfonamides is 1. The van der Waals surface area contributed by atoms with Crippen LogP contribution in [0.3, 0.4) is 0 Å². The molecule has 0 fully saturated rings. The Labute approximate surface area is 98.1 Å². The molecule has 4 N–H and O–H groups in total. The number of aromatic amines is 1. The van der Waals surface area contributed by atoms with Crippen LogP contribution in [0.15, 0.2) is 29.2 Å². The molecule has 2 rings (SSSR count). The minimum Gasteiger partial charge on any atom is -0.366 e. The topological polar surface area (TPSA) is 114 Å². The summed E-state index contributed by atoms with van der Waals surface area (Å²) in [5.41, 5.74) is 5.98. The van der Waals surface area contributed by atoms with Gasteiger partial charge < -0.3 is 5.73 Å². The highest BCUT2D eigenvalue weighted by molar-refractivity contribution is 7.89. The van der Waals surface area contributed by atoms with E-state index in [1.165, 1.54) is 19.2 Å². The Hall–Kier alpha value is -1.93. The number of hydrogen-bond donors (Lipinski definition) is 3. The maximum atomic E-state index is 11.6. The van der Waals surface area contributed by atoms with Gasteiger partial charge in [0.25, 0.3) is 0 Å². The van der Waals surface area contributed by atoms with E-state index in [1.54, 1.807) is 12.1 Å². The molecule has 0 atom stereocenters. The average molecular weight is 253 g/mol. The van der Waals surface area contributed by atoms with Gasteiger partial charge >= 0.3 is 0 Å². The molecule has 0 aliphatic carbocycles. The van der Waals surface area contributed by atoms with E-state index in [9.17, 15) is 8.42 Å². The van der Waals surface area contributed by atoms with E-state index in [0.29, 0.717) is 11.4 Å². The van der Waals surface area contributed by atoms with Gasteiger partial charge in [-0.2, -0.15) is 4.98 Å². The number of benzene rings is 1. The predicted molar refractivity (Wildman–Crippen MR) is 62.5 cm³/mol. The Kier molecular flexibility index (Phi) is 2.82. The van der Waals surface area contributed by atoms with Crippen molar-refractivity contribution in [1.82, 2.24) is 19.9 Å². The highest BCUT2D eigenvalue weighted by Gasteiger charge is 2.13. The van der Waals surface area contributed by atoms with Crippen LogP contribution in [0.4, 0.5) is 5.95 Å². The SMILES string of the molecule is CNS(=O)(=O)c1cccc(-c2nc(N)n[nH]2)c1. The summed E-state index contributed by atoms with van der Waals surface area (Å²) < 4.78 is 25.5. The minimum atomic E-state index is -3.47. The molecule has 0 spiro atoms. The molecular weight excluding hydrogens is 242 g/mol. The third kappa shape index (κ3) is 2.27. The molecule has 0 saturated heterocycles. The fourth-order valence-corrected chi connectivity index (χ4v) is 2.11. The van der Waals surface area contributed by atoms with Gasteiger partial charge in [0.2, 0.25) is 16.0 Å². The van der Waals surface area contributed by atoms with Crippen molar-refractivity contribution in [2.75, 3.05) is 12.8 Å². The van der Waals surface area contributed by atoms with Gasteiger partial charge in [-0.15, -0.1) is 5.10 Å². The summed E-state index contributed by atoms with van der Waals surface area (Å²) in [6, 6.07) is 6.33. The molecule has 0 saturated carbocycles. The Balaban J connectivity index is 2.49. The monoisotopic (exact) mass is 253 g/mol. The fraction of sp³-hybridized carbons (Fsp3) is 0.111. The number of nitrogens with zero attached hydrogens (tertiary/aromatic N) is 2. The van der Waals surface area contributed by atoms with Crippen LogP contribution < -0.4 is 10.5 Å². The molecule has 7 nitrogen and oxygen atoms in total. The quantitative estimate of drug-likeness (QED) is 0.710. The highest BCUT2D eigenvalue weighted by Crippen LogP contribution is 2.19. The van der Waals surface area contributed by atoms with Gasteiger partial charge in [0.05, 0.1) is 4.90 Å². The lowest BCUT2D eigenvalue weighted by molar-refractivity contribution is 0.588. The number of aromatic nitrogens is 3. The Bertz CT molecular complexity index is 634. The summed E-state index contributed by atoms with van der Waals surface area (Å²) in [6.07, 6.45) is 0. The zero-order valence-corrected chi connectivity index (χ0v) is 9.82. The summed E-state index contributed by atoms with van der Waals surface area (Å²) >= 11 is 0. The van der Waals surface area contributed by atoms with Crippen LogP contribution in [0.25, 0.3) is 11.4 Å². The maximum absolute atomic E-state index is 11.6. The van der Waals surface area contributed by atoms with Crippen LogP contribution in [-0.4, -0.2) is 30.6 Å². The van der Waals surface area contributed by atoms with Crippen LogP contribution >= 0.6 is 0 Å². The van der Waals surface area contributed by atoms with Crippen molar-refractivity contribution in [2.45, 2.75) is 4.90 Å². The second kappa shape index (κ2) is 4.15. The third-order valence-corrected chi connectivity index (χ3v) is 3.60. The standard InChI is InChI=1S/C9H11N5O2S/c1-11-17(15,16)7-4-2-3-6(5-7)8-12-9(10)14-13-8/h2-5,11H,1H3,(H3,10,12,13,14). The molecule has 0 amide bonds. The lowest BCUT2D eigenvalue weighted by Crippen LogP contribution is -2.18. The Morgan fingerprint density at radius 3 is 2.76 bits per heavy atom. The van der Waals surface area contributed by atoms with Crippen LogP contribution in [0, 0.1) is 0 Å². The molecule has 17 heavy (non-hydrogen) atoms. The number of anilines is 1. The van der Waals surface area contributed by atoms with Crippen molar-refractivity contribution in [2.24, 2.45) is 0 Å². The second-order valence-electron chi connectivity index (χ2n) is 3.28. The van der Waals surface area contributed by atoms with Crippen molar-refractivity contribution >= 4 is 16.0 Å². The number of hydrogen-bond acceptors (Lipinski definition) is 5. The Morgan fingerprint density at radius 2 is 2.18 bits per heavy atom. The van der Waals surface area contributed by atoms with Crippen molar-refractivity contribution in [3.8, 4) is 11.4 Å². The molecule has 1 aromatic heterocycles. The lowest BCUT2D eigenvalue weighted by Gasteiger charge is -2.03. The van der Waals surface area contributed by atoms with E-state index in [4.69, 9.17) is 5.73 Å². The molecule has 0 bridgehead atoms. The normalized spacial score (nSPS) is 11.6. The number of nitrogen functional groups attached to an aromatic ring is 1. The van der Waals surface area contributed by atoms with Crippen molar-refractivity contribution < 1.29 is 8.42 Å². The van der Waals surface area contributed by atoms with Gasteiger partial charge in [-0.05, 0) is 19.2 Å². The zero-order valence-electron chi connectivity index (χ0n) is 9.01. The van der Waals surface area contributed by atoms with Crippen LogP contribution in [-0.2, 0) is 10.0 Å². The zero-order chi connectivity index (χ0) is 12.5. The lowest BCUT2D eigenvalue weighted by atomic mass is 10.2. The van der Waals surface area contributed by atoms with Gasteiger partial charge in [-0.1, -0.05) is 12.1 Å². The highest BCUT2D eigenvalue weighted by atomic mass is 32.2. The molecule has 90 valence electrons. The number of nitrogens with two attached hydrogens (primary N) is 1. The summed E-state index contributed by atoms with van der Waals surface area (Å²) in [6.45, 7) is 0. The van der Waals surface area contributed by atoms with E-state index in [1.807, 2.05) is 0 Å². The first-order chi connectivity index (χ1) is 8.03. The third-order valence-electron chi connectivity index (χ3n) is 2.19. The molecule has 0 unspecified atom stereocenters. The number of rotatable bonds is 3. The average Bonchev–Trinajstić information content (AvgIpc) is 2.76. The minimum absolute atomic E-state index is 0.113. The van der Waals surface area contributed by atoms with Gasteiger partial charge in [0.1, 0.15) is 0 Å². The molecule has 0 radical (unpaired) electrons. The van der Waals surface area contributed by atoms with Crippen LogP contribution in [0.1, 0.15) is 0 Å². The first-order valence-electron chi connectivity index (χ1n) is 4.75. The predicted octanol–water partition coefficient (Wildman–Crippen LogP) is -0.0380. The van der Waals surface area contributed by atoms with E-state index < -0.39 is 10.0 Å². The van der Waals surface area contributed by atoms with Crippen molar-refractivity contribution in [3.05, 3.63) is 24.3 Å². The molecule has 0 aliphatic heterocycles. The molecule has 0 aliphatic rings. The summed E-state index contributed by atoms with van der Waals surface area (Å²) in [5, 5.41) is 6.30. The van der Waals surface area contributed by atoms with Crippen LogP contribution in [0.2, 0.25) is 0 Å². The molecule has 1 heterocycles. The van der Waals surface area contributed by atoms with E-state index >= 15 is 0 Å². The summed E-state index contributed by atoms with van der Waals surface area (Å²) in [4.78, 5) is 4.09. The molecule has 1 aromatic carbocycles. The Morgan fingerprint density at radius 1 is 1.41 bits per heavy atom. The van der Waals surface area contributed by atoms with Gasteiger partial charge in [0, 0.05) is 5.56 Å². The summed E-state index contributed by atoms with van der Waals surface area (Å²) in [5.74, 6) is 0.539. The summed E-state index contributed by atoms with van der Waals surface area (Å²) in [7, 11) is -2.11. The molecule has 8 heteroatoms. The molecular formula is C9H11N5O2S. The van der Waals surface area contributed by atoms with Gasteiger partial charge in [0.15, 0.2) is 5.82 Å². The van der Waals surface area contributed by atoms with E-state index in [-0.39, 0.29) is 10.8 Å². The fourth-order valence-electron chi connectivity index (χ4n) is 1.33. The largest absolute Gasteiger partial charge is 0.366 e. The van der Waals surface area contributed by atoms with E-state index in [0.717, 1.165) is 0 Å². The van der Waals surface area contributed by atoms with Crippen LogP contribution in [0.5, 0.6) is 0 Å². The van der Waals surface area contributed by atoms with Gasteiger partial charge in [-0.25, -0.2) is 13.1 Å². The van der Waals surface area contributed by atoms with Crippen molar-refractivity contribution in [3.63, 3.8) is 0 Å². The van der Waals surface area contributed by atoms with E-state index in [2.05, 4.69) is 19.9 Å².